The fourth-order valence-corrected chi connectivity index (χ4v) is 1.55. The second-order valence-corrected chi connectivity index (χ2v) is 4.17. The molecule has 0 radical (unpaired) electrons. The number of benzene rings is 1. The molecule has 0 aliphatic carbocycles. The van der Waals surface area contributed by atoms with Gasteiger partial charge in [-0.05, 0) is 30.2 Å². The fourth-order valence-electron chi connectivity index (χ4n) is 1.55. The number of nitrogens with zero attached hydrogens (tertiary/aromatic N) is 1. The summed E-state index contributed by atoms with van der Waals surface area (Å²) < 4.78 is 10.3. The lowest BCUT2D eigenvalue weighted by molar-refractivity contribution is -0.149. The second-order valence-electron chi connectivity index (χ2n) is 4.17. The predicted molar refractivity (Wildman–Crippen MR) is 66.9 cm³/mol. The van der Waals surface area contributed by atoms with Gasteiger partial charge in [-0.1, -0.05) is 13.0 Å². The van der Waals surface area contributed by atoms with E-state index in [1.807, 2.05) is 31.2 Å². The maximum atomic E-state index is 11.5. The Labute approximate surface area is 107 Å². The van der Waals surface area contributed by atoms with Crippen LogP contribution in [0.3, 0.4) is 0 Å². The average molecular weight is 247 g/mol. The van der Waals surface area contributed by atoms with Crippen molar-refractivity contribution in [2.75, 3.05) is 7.11 Å². The first kappa shape index (κ1) is 14.0. The molecule has 0 aliphatic rings. The molecule has 0 saturated carbocycles. The maximum Gasteiger partial charge on any atom is 0.310 e. The van der Waals surface area contributed by atoms with Crippen molar-refractivity contribution in [3.63, 3.8) is 0 Å². The summed E-state index contributed by atoms with van der Waals surface area (Å²) in [4.78, 5) is 11.5. The fraction of sp³-hybridized carbons (Fsp3) is 0.429. The minimum Gasteiger partial charge on any atom is -0.496 e. The lowest BCUT2D eigenvalue weighted by atomic mass is 10.1. The minimum absolute atomic E-state index is 0.181. The van der Waals surface area contributed by atoms with Crippen molar-refractivity contribution >= 4 is 5.97 Å². The molecule has 96 valence electrons. The van der Waals surface area contributed by atoms with E-state index in [9.17, 15) is 4.79 Å². The molecule has 1 aromatic carbocycles. The van der Waals surface area contributed by atoms with E-state index in [2.05, 4.69) is 0 Å². The summed E-state index contributed by atoms with van der Waals surface area (Å²) in [5, 5.41) is 8.49. The Bertz CT molecular complexity index is 463. The Hall–Kier alpha value is -2.02. The molecule has 0 saturated heterocycles. The molecule has 0 amide bonds. The first-order valence-electron chi connectivity index (χ1n) is 5.75. The van der Waals surface area contributed by atoms with Crippen molar-refractivity contribution in [3.8, 4) is 11.8 Å². The number of methoxy groups -OCH3 is 1. The third-order valence-corrected chi connectivity index (χ3v) is 2.64. The van der Waals surface area contributed by atoms with Crippen molar-refractivity contribution in [2.24, 2.45) is 5.92 Å². The largest absolute Gasteiger partial charge is 0.496 e. The SMILES string of the molecule is COc1ccc(COC(=O)C(C)CC#N)cc1C. The smallest absolute Gasteiger partial charge is 0.310 e. The van der Waals surface area contributed by atoms with Crippen molar-refractivity contribution in [1.29, 1.82) is 5.26 Å². The molecule has 0 bridgehead atoms. The summed E-state index contributed by atoms with van der Waals surface area (Å²) in [6.45, 7) is 3.84. The molecule has 0 fully saturated rings. The van der Waals surface area contributed by atoms with Gasteiger partial charge in [0.15, 0.2) is 0 Å². The second kappa shape index (κ2) is 6.65. The predicted octanol–water partition coefficient (Wildman–Crippen LogP) is 2.60. The highest BCUT2D eigenvalue weighted by molar-refractivity contribution is 5.72. The van der Waals surface area contributed by atoms with E-state index >= 15 is 0 Å². The van der Waals surface area contributed by atoms with Crippen molar-refractivity contribution in [1.82, 2.24) is 0 Å². The van der Waals surface area contributed by atoms with Gasteiger partial charge in [0.05, 0.1) is 19.1 Å². The summed E-state index contributed by atoms with van der Waals surface area (Å²) in [6.07, 6.45) is 0.181. The number of carbonyl (C=O) groups excluding carboxylic acids is 1. The minimum atomic E-state index is -0.380. The van der Waals surface area contributed by atoms with Crippen LogP contribution >= 0.6 is 0 Å². The van der Waals surface area contributed by atoms with E-state index in [0.717, 1.165) is 16.9 Å². The summed E-state index contributed by atoms with van der Waals surface area (Å²) in [5.74, 6) is 0.0855. The van der Waals surface area contributed by atoms with Crippen LogP contribution in [0, 0.1) is 24.2 Å². The molecule has 18 heavy (non-hydrogen) atoms. The van der Waals surface area contributed by atoms with Gasteiger partial charge in [0.25, 0.3) is 0 Å². The Balaban J connectivity index is 2.56. The molecular weight excluding hydrogens is 230 g/mol. The van der Waals surface area contributed by atoms with Crippen LogP contribution in [-0.4, -0.2) is 13.1 Å². The van der Waals surface area contributed by atoms with Gasteiger partial charge in [-0.2, -0.15) is 5.26 Å². The Morgan fingerprint density at radius 2 is 2.22 bits per heavy atom. The first-order chi connectivity index (χ1) is 8.58. The van der Waals surface area contributed by atoms with Gasteiger partial charge in [0.1, 0.15) is 12.4 Å². The van der Waals surface area contributed by atoms with Crippen LogP contribution in [0.4, 0.5) is 0 Å². The van der Waals surface area contributed by atoms with Crippen LogP contribution < -0.4 is 4.74 Å². The summed E-state index contributed by atoms with van der Waals surface area (Å²) in [7, 11) is 1.62. The zero-order valence-electron chi connectivity index (χ0n) is 10.9. The summed E-state index contributed by atoms with van der Waals surface area (Å²) >= 11 is 0. The Morgan fingerprint density at radius 1 is 1.50 bits per heavy atom. The third-order valence-electron chi connectivity index (χ3n) is 2.64. The van der Waals surface area contributed by atoms with Gasteiger partial charge in [-0.25, -0.2) is 0 Å². The molecule has 0 spiro atoms. The summed E-state index contributed by atoms with van der Waals surface area (Å²) in [6, 6.07) is 7.57. The highest BCUT2D eigenvalue weighted by Gasteiger charge is 2.14. The van der Waals surface area contributed by atoms with Gasteiger partial charge in [0.2, 0.25) is 0 Å². The average Bonchev–Trinajstić information content (AvgIpc) is 2.36. The van der Waals surface area contributed by atoms with Crippen LogP contribution in [0.1, 0.15) is 24.5 Å². The van der Waals surface area contributed by atoms with Crippen molar-refractivity contribution < 1.29 is 14.3 Å². The standard InChI is InChI=1S/C14H17NO3/c1-10(6-7-15)14(16)18-9-12-4-5-13(17-3)11(2)8-12/h4-5,8,10H,6,9H2,1-3H3. The molecule has 1 atom stereocenters. The maximum absolute atomic E-state index is 11.5. The van der Waals surface area contributed by atoms with Gasteiger partial charge >= 0.3 is 5.97 Å². The molecule has 4 nitrogen and oxygen atoms in total. The van der Waals surface area contributed by atoms with Crippen molar-refractivity contribution in [3.05, 3.63) is 29.3 Å². The molecule has 0 heterocycles. The quantitative estimate of drug-likeness (QED) is 0.750. The number of hydrogen-bond donors (Lipinski definition) is 0. The molecule has 0 aromatic heterocycles. The van der Waals surface area contributed by atoms with E-state index in [1.54, 1.807) is 14.0 Å². The van der Waals surface area contributed by atoms with E-state index in [0.29, 0.717) is 0 Å². The lowest BCUT2D eigenvalue weighted by Gasteiger charge is -2.10. The zero-order chi connectivity index (χ0) is 13.5. The van der Waals surface area contributed by atoms with E-state index in [-0.39, 0.29) is 24.9 Å². The van der Waals surface area contributed by atoms with Gasteiger partial charge < -0.3 is 9.47 Å². The normalized spacial score (nSPS) is 11.4. The molecule has 4 heteroatoms. The Kier molecular flexibility index (Phi) is 5.19. The van der Waals surface area contributed by atoms with Gasteiger partial charge in [-0.3, -0.25) is 4.79 Å². The Morgan fingerprint density at radius 3 is 2.78 bits per heavy atom. The molecular formula is C14H17NO3. The van der Waals surface area contributed by atoms with Crippen LogP contribution in [0.25, 0.3) is 0 Å². The first-order valence-corrected chi connectivity index (χ1v) is 5.75. The lowest BCUT2D eigenvalue weighted by Crippen LogP contribution is -2.14. The number of esters is 1. The van der Waals surface area contributed by atoms with Crippen LogP contribution in [0.2, 0.25) is 0 Å². The molecule has 0 N–H and O–H groups in total. The van der Waals surface area contributed by atoms with Gasteiger partial charge in [-0.15, -0.1) is 0 Å². The summed E-state index contributed by atoms with van der Waals surface area (Å²) in [5.41, 5.74) is 1.90. The van der Waals surface area contributed by atoms with Crippen LogP contribution in [0.5, 0.6) is 5.75 Å². The number of aryl methyl sites for hydroxylation is 1. The highest BCUT2D eigenvalue weighted by Crippen LogP contribution is 2.19. The van der Waals surface area contributed by atoms with Crippen molar-refractivity contribution in [2.45, 2.75) is 26.9 Å². The number of carbonyl (C=O) groups is 1. The van der Waals surface area contributed by atoms with Crippen LogP contribution in [-0.2, 0) is 16.1 Å². The molecule has 1 unspecified atom stereocenters. The van der Waals surface area contributed by atoms with Gasteiger partial charge in [0, 0.05) is 6.42 Å². The van der Waals surface area contributed by atoms with Crippen LogP contribution in [0.15, 0.2) is 18.2 Å². The van der Waals surface area contributed by atoms with E-state index < -0.39 is 0 Å². The number of hydrogen-bond acceptors (Lipinski definition) is 4. The van der Waals surface area contributed by atoms with E-state index in [4.69, 9.17) is 14.7 Å². The van der Waals surface area contributed by atoms with E-state index in [1.165, 1.54) is 0 Å². The third kappa shape index (κ3) is 3.77. The highest BCUT2D eigenvalue weighted by atomic mass is 16.5. The topological polar surface area (TPSA) is 59.3 Å². The molecule has 0 aliphatic heterocycles. The number of rotatable bonds is 5. The molecule has 1 rings (SSSR count). The molecule has 1 aromatic rings. The zero-order valence-corrected chi connectivity index (χ0v) is 10.9. The number of nitriles is 1. The monoisotopic (exact) mass is 247 g/mol. The number of ether oxygens (including phenoxy) is 2.